The molecule has 2 aromatic carbocycles. The molecule has 10 nitrogen and oxygen atoms in total. The average molecular weight is 513 g/mol. The molecule has 0 radical (unpaired) electrons. The Kier molecular flexibility index (Phi) is 9.46. The molecule has 4 N–H and O–H groups in total. The van der Waals surface area contributed by atoms with Gasteiger partial charge in [0, 0.05) is 17.8 Å². The fourth-order valence-electron chi connectivity index (χ4n) is 3.47. The van der Waals surface area contributed by atoms with Crippen LogP contribution < -0.4 is 15.4 Å². The lowest BCUT2D eigenvalue weighted by Gasteiger charge is -2.24. The number of carboxylic acids is 1. The molecule has 36 heavy (non-hydrogen) atoms. The van der Waals surface area contributed by atoms with Crippen LogP contribution in [-0.2, 0) is 19.2 Å². The number of nitrogens with one attached hydrogen (secondary N) is 3. The van der Waals surface area contributed by atoms with Crippen molar-refractivity contribution < 1.29 is 29.0 Å². The number of carbonyl (C=O) groups excluding carboxylic acids is 3. The van der Waals surface area contributed by atoms with Crippen molar-refractivity contribution in [3.05, 3.63) is 54.9 Å². The van der Waals surface area contributed by atoms with Crippen molar-refractivity contribution in [3.8, 4) is 5.75 Å². The first-order valence-electron chi connectivity index (χ1n) is 11.3. The number of ether oxygens (including phenoxy) is 1. The minimum atomic E-state index is -1.25. The van der Waals surface area contributed by atoms with Crippen LogP contribution in [0.5, 0.6) is 5.75 Å². The number of carboxylic acid groups (broad SMARTS) is 1. The molecular formula is C25H28N4O6S. The summed E-state index contributed by atoms with van der Waals surface area (Å²) in [6.07, 6.45) is 2.55. The number of rotatable bonds is 13. The van der Waals surface area contributed by atoms with Gasteiger partial charge in [-0.1, -0.05) is 62.0 Å². The van der Waals surface area contributed by atoms with E-state index >= 15 is 0 Å². The van der Waals surface area contributed by atoms with Gasteiger partial charge in [0.15, 0.2) is 17.5 Å². The van der Waals surface area contributed by atoms with E-state index in [9.17, 15) is 24.3 Å². The summed E-state index contributed by atoms with van der Waals surface area (Å²) in [6, 6.07) is 10.9. The van der Waals surface area contributed by atoms with E-state index in [1.165, 1.54) is 6.20 Å². The van der Waals surface area contributed by atoms with E-state index in [4.69, 9.17) is 4.74 Å². The molecule has 0 saturated heterocycles. The largest absolute Gasteiger partial charge is 0.483 e. The van der Waals surface area contributed by atoms with Gasteiger partial charge in [-0.2, -0.15) is 0 Å². The van der Waals surface area contributed by atoms with Crippen LogP contribution in [0.3, 0.4) is 0 Å². The first-order valence-corrected chi connectivity index (χ1v) is 12.3. The van der Waals surface area contributed by atoms with Gasteiger partial charge >= 0.3 is 5.97 Å². The predicted octanol–water partition coefficient (Wildman–Crippen LogP) is 2.40. The molecule has 1 aromatic heterocycles. The molecular weight excluding hydrogens is 484 g/mol. The van der Waals surface area contributed by atoms with E-state index < -0.39 is 42.1 Å². The standard InChI is InChI=1S/C25H28N4O6S/c1-15(2)23(29-21(31)13-35-20-9-5-7-16-6-3-4-8-17(16)20)24(34)28-18(12-22(32)33)19(30)14-36-25-26-10-11-27-25/h3-11,15,18,23H,12-14H2,1-2H3,(H,26,27)(H,28,34)(H,29,31)(H,32,33)/t18-,23-/m0/s1. The van der Waals surface area contributed by atoms with Gasteiger partial charge in [0.1, 0.15) is 11.8 Å². The lowest BCUT2D eigenvalue weighted by molar-refractivity contribution is -0.140. The van der Waals surface area contributed by atoms with E-state index in [1.54, 1.807) is 26.1 Å². The monoisotopic (exact) mass is 512 g/mol. The highest BCUT2D eigenvalue weighted by atomic mass is 32.2. The number of imidazole rings is 1. The van der Waals surface area contributed by atoms with Crippen molar-refractivity contribution in [2.24, 2.45) is 5.92 Å². The van der Waals surface area contributed by atoms with Crippen LogP contribution in [0.2, 0.25) is 0 Å². The second-order valence-electron chi connectivity index (χ2n) is 8.36. The van der Waals surface area contributed by atoms with E-state index in [1.807, 2.05) is 36.4 Å². The average Bonchev–Trinajstić information content (AvgIpc) is 3.37. The molecule has 3 rings (SSSR count). The number of nitrogens with zero attached hydrogens (tertiary/aromatic N) is 1. The SMILES string of the molecule is CC(C)[C@H](NC(=O)COc1cccc2ccccc12)C(=O)N[C@@H](CC(=O)O)C(=O)CSc1ncc[nH]1. The van der Waals surface area contributed by atoms with Gasteiger partial charge in [-0.05, 0) is 17.4 Å². The van der Waals surface area contributed by atoms with Gasteiger partial charge in [-0.15, -0.1) is 0 Å². The van der Waals surface area contributed by atoms with Gasteiger partial charge in [0.2, 0.25) is 5.91 Å². The zero-order valence-corrected chi connectivity index (χ0v) is 20.7. The Morgan fingerprint density at radius 2 is 1.83 bits per heavy atom. The highest BCUT2D eigenvalue weighted by Gasteiger charge is 2.30. The topological polar surface area (TPSA) is 150 Å². The van der Waals surface area contributed by atoms with E-state index in [2.05, 4.69) is 20.6 Å². The number of hydrogen-bond donors (Lipinski definition) is 4. The Balaban J connectivity index is 1.60. The molecule has 0 unspecified atom stereocenters. The minimum absolute atomic E-state index is 0.0800. The fourth-order valence-corrected chi connectivity index (χ4v) is 4.23. The first kappa shape index (κ1) is 26.7. The number of fused-ring (bicyclic) bond motifs is 1. The van der Waals surface area contributed by atoms with Crippen LogP contribution in [0.15, 0.2) is 60.0 Å². The number of ketones is 1. The van der Waals surface area contributed by atoms with Crippen molar-refractivity contribution in [2.45, 2.75) is 37.5 Å². The Bertz CT molecular complexity index is 1210. The second-order valence-corrected chi connectivity index (χ2v) is 9.33. The summed E-state index contributed by atoms with van der Waals surface area (Å²) in [6.45, 7) is 3.15. The number of aliphatic carboxylic acids is 1. The lowest BCUT2D eigenvalue weighted by Crippen LogP contribution is -2.55. The molecule has 0 aliphatic heterocycles. The second kappa shape index (κ2) is 12.7. The zero-order chi connectivity index (χ0) is 26.1. The smallest absolute Gasteiger partial charge is 0.305 e. The van der Waals surface area contributed by atoms with Crippen LogP contribution in [-0.4, -0.2) is 63.1 Å². The van der Waals surface area contributed by atoms with Crippen molar-refractivity contribution in [1.82, 2.24) is 20.6 Å². The zero-order valence-electron chi connectivity index (χ0n) is 19.9. The summed E-state index contributed by atoms with van der Waals surface area (Å²) in [5.74, 6) is -2.74. The molecule has 0 saturated carbocycles. The van der Waals surface area contributed by atoms with Gasteiger partial charge in [-0.3, -0.25) is 19.2 Å². The number of H-pyrrole nitrogens is 1. The number of benzene rings is 2. The lowest BCUT2D eigenvalue weighted by atomic mass is 10.0. The maximum Gasteiger partial charge on any atom is 0.305 e. The van der Waals surface area contributed by atoms with Gasteiger partial charge < -0.3 is 25.5 Å². The Labute approximate surface area is 212 Å². The third-order valence-corrected chi connectivity index (χ3v) is 6.21. The summed E-state index contributed by atoms with van der Waals surface area (Å²) in [4.78, 5) is 56.4. The molecule has 0 bridgehead atoms. The third-order valence-electron chi connectivity index (χ3n) is 5.28. The molecule has 11 heteroatoms. The van der Waals surface area contributed by atoms with E-state index in [0.29, 0.717) is 10.9 Å². The summed E-state index contributed by atoms with van der Waals surface area (Å²) < 4.78 is 5.69. The molecule has 0 aliphatic carbocycles. The molecule has 2 amide bonds. The van der Waals surface area contributed by atoms with Crippen molar-refractivity contribution in [3.63, 3.8) is 0 Å². The van der Waals surface area contributed by atoms with Crippen molar-refractivity contribution >= 4 is 46.1 Å². The van der Waals surface area contributed by atoms with Crippen LogP contribution >= 0.6 is 11.8 Å². The number of hydrogen-bond acceptors (Lipinski definition) is 7. The van der Waals surface area contributed by atoms with E-state index in [0.717, 1.165) is 22.5 Å². The summed E-state index contributed by atoms with van der Waals surface area (Å²) in [7, 11) is 0. The van der Waals surface area contributed by atoms with Crippen LogP contribution in [0.1, 0.15) is 20.3 Å². The number of amides is 2. The number of aromatic nitrogens is 2. The number of aromatic amines is 1. The molecule has 0 fully saturated rings. The highest BCUT2D eigenvalue weighted by molar-refractivity contribution is 7.99. The van der Waals surface area contributed by atoms with Crippen LogP contribution in [0.25, 0.3) is 10.8 Å². The maximum atomic E-state index is 13.0. The minimum Gasteiger partial charge on any atom is -0.483 e. The normalized spacial score (nSPS) is 12.6. The Morgan fingerprint density at radius 1 is 1.08 bits per heavy atom. The Hall–Kier alpha value is -3.86. The summed E-state index contributed by atoms with van der Waals surface area (Å²) >= 11 is 1.10. The Morgan fingerprint density at radius 3 is 2.53 bits per heavy atom. The third kappa shape index (κ3) is 7.57. The molecule has 0 aliphatic rings. The summed E-state index contributed by atoms with van der Waals surface area (Å²) in [5, 5.41) is 16.7. The van der Waals surface area contributed by atoms with Gasteiger partial charge in [0.25, 0.3) is 5.91 Å². The molecule has 2 atom stereocenters. The van der Waals surface area contributed by atoms with Crippen molar-refractivity contribution in [2.75, 3.05) is 12.4 Å². The molecule has 1 heterocycles. The maximum absolute atomic E-state index is 13.0. The van der Waals surface area contributed by atoms with Crippen LogP contribution in [0, 0.1) is 5.92 Å². The number of Topliss-reactive ketones (excluding diaryl/α,β-unsaturated/α-hetero) is 1. The van der Waals surface area contributed by atoms with Gasteiger partial charge in [-0.25, -0.2) is 4.98 Å². The first-order chi connectivity index (χ1) is 17.2. The van der Waals surface area contributed by atoms with Gasteiger partial charge in [0.05, 0.1) is 18.2 Å². The quantitative estimate of drug-likeness (QED) is 0.255. The fraction of sp³-hybridized carbons (Fsp3) is 0.320. The predicted molar refractivity (Wildman–Crippen MR) is 135 cm³/mol. The highest BCUT2D eigenvalue weighted by Crippen LogP contribution is 2.25. The number of thioether (sulfide) groups is 1. The van der Waals surface area contributed by atoms with E-state index in [-0.39, 0.29) is 18.3 Å². The van der Waals surface area contributed by atoms with Crippen molar-refractivity contribution in [1.29, 1.82) is 0 Å². The summed E-state index contributed by atoms with van der Waals surface area (Å²) in [5.41, 5.74) is 0. The molecule has 0 spiro atoms. The van der Waals surface area contributed by atoms with Crippen LogP contribution in [0.4, 0.5) is 0 Å². The molecule has 3 aromatic rings. The molecule has 190 valence electrons. The number of carbonyl (C=O) groups is 4.